The fourth-order valence-electron chi connectivity index (χ4n) is 5.17. The van der Waals surface area contributed by atoms with Crippen LogP contribution in [0.1, 0.15) is 60.5 Å². The molecule has 1 N–H and O–H groups in total. The van der Waals surface area contributed by atoms with Gasteiger partial charge in [-0.25, -0.2) is 28.9 Å². The molecule has 0 saturated carbocycles. The number of aryl methyl sites for hydroxylation is 3. The molecular weight excluding hydrogens is 602 g/mol. The molecule has 5 aromatic rings. The number of fused-ring (bicyclic) bond motifs is 1. The van der Waals surface area contributed by atoms with Crippen LogP contribution in [0.5, 0.6) is 0 Å². The normalized spacial score (nSPS) is 17.3. The van der Waals surface area contributed by atoms with Crippen molar-refractivity contribution in [2.45, 2.75) is 45.6 Å². The standard InChI is InChI=1S/C35H31N5O7/c1-20-9-13-24(14-10-20)33(42)45-19-27-26(47-34(43)25-15-11-21(2)12-16-25)17-28(46-27)40-31-29(36-18-22(3)37-31)30(39-35(40)44)38-32(41)23-7-5-4-6-8-23/h4-16,18,26-28H,17,19H2,1-3H3,(H,38,39,41,44)/t26-,27+,28+/m0/s1. The van der Waals surface area contributed by atoms with Gasteiger partial charge in [0.05, 0.1) is 16.8 Å². The Morgan fingerprint density at radius 2 is 1.49 bits per heavy atom. The predicted molar refractivity (Wildman–Crippen MR) is 171 cm³/mol. The molecule has 0 spiro atoms. The SMILES string of the molecule is Cc1ccc(C(=O)OC[C@H]2O[C@@H](n3c(=O)nc(NC(=O)c4ccccc4)c4ncc(C)nc43)C[C@@H]2OC(=O)c2ccc(C)cc2)cc1. The van der Waals surface area contributed by atoms with Gasteiger partial charge in [-0.3, -0.25) is 4.79 Å². The summed E-state index contributed by atoms with van der Waals surface area (Å²) in [6, 6.07) is 22.3. The summed E-state index contributed by atoms with van der Waals surface area (Å²) in [5.41, 5.74) is 3.01. The second-order valence-electron chi connectivity index (χ2n) is 11.3. The average Bonchev–Trinajstić information content (AvgIpc) is 3.45. The third-order valence-corrected chi connectivity index (χ3v) is 7.69. The minimum atomic E-state index is -1.02. The van der Waals surface area contributed by atoms with Gasteiger partial charge in [-0.2, -0.15) is 4.98 Å². The summed E-state index contributed by atoms with van der Waals surface area (Å²) in [6.07, 6.45) is -1.34. The number of aromatic nitrogens is 4. The highest BCUT2D eigenvalue weighted by atomic mass is 16.6. The number of ether oxygens (including phenoxy) is 3. The quantitative estimate of drug-likeness (QED) is 0.237. The molecule has 3 atom stereocenters. The van der Waals surface area contributed by atoms with E-state index in [1.807, 2.05) is 13.8 Å². The second kappa shape index (κ2) is 13.3. The number of amides is 1. The lowest BCUT2D eigenvalue weighted by molar-refractivity contribution is -0.0572. The lowest BCUT2D eigenvalue weighted by Gasteiger charge is -2.19. The molecule has 1 aliphatic rings. The molecule has 47 heavy (non-hydrogen) atoms. The average molecular weight is 634 g/mol. The maximum Gasteiger partial charge on any atom is 0.353 e. The molecule has 1 amide bonds. The molecule has 2 aromatic heterocycles. The van der Waals surface area contributed by atoms with Crippen LogP contribution in [-0.4, -0.2) is 56.2 Å². The summed E-state index contributed by atoms with van der Waals surface area (Å²) < 4.78 is 18.9. The molecule has 0 bridgehead atoms. The molecule has 12 heteroatoms. The summed E-state index contributed by atoms with van der Waals surface area (Å²) in [6.45, 7) is 5.26. The van der Waals surface area contributed by atoms with Crippen molar-refractivity contribution in [3.05, 3.63) is 129 Å². The van der Waals surface area contributed by atoms with E-state index in [1.165, 1.54) is 10.8 Å². The highest BCUT2D eigenvalue weighted by Crippen LogP contribution is 2.33. The summed E-state index contributed by atoms with van der Waals surface area (Å²) >= 11 is 0. The number of nitrogens with one attached hydrogen (secondary N) is 1. The van der Waals surface area contributed by atoms with Crippen LogP contribution in [0.15, 0.2) is 89.9 Å². The van der Waals surface area contributed by atoms with Crippen LogP contribution in [0.4, 0.5) is 5.82 Å². The van der Waals surface area contributed by atoms with Gasteiger partial charge >= 0.3 is 17.6 Å². The van der Waals surface area contributed by atoms with Crippen molar-refractivity contribution < 1.29 is 28.6 Å². The summed E-state index contributed by atoms with van der Waals surface area (Å²) in [7, 11) is 0. The minimum absolute atomic E-state index is 0.0202. The molecule has 1 saturated heterocycles. The Balaban J connectivity index is 1.31. The fourth-order valence-corrected chi connectivity index (χ4v) is 5.17. The van der Waals surface area contributed by atoms with Crippen LogP contribution in [-0.2, 0) is 14.2 Å². The maximum absolute atomic E-state index is 13.6. The Labute approximate surface area is 269 Å². The van der Waals surface area contributed by atoms with Gasteiger partial charge in [0.2, 0.25) is 0 Å². The lowest BCUT2D eigenvalue weighted by Crippen LogP contribution is -2.32. The zero-order valence-electron chi connectivity index (χ0n) is 25.9. The zero-order chi connectivity index (χ0) is 33.1. The first-order chi connectivity index (χ1) is 22.7. The van der Waals surface area contributed by atoms with Crippen molar-refractivity contribution in [2.75, 3.05) is 11.9 Å². The number of anilines is 1. The van der Waals surface area contributed by atoms with Crippen LogP contribution >= 0.6 is 0 Å². The van der Waals surface area contributed by atoms with Crippen LogP contribution in [0, 0.1) is 20.8 Å². The number of carbonyl (C=O) groups excluding carboxylic acids is 3. The molecule has 0 radical (unpaired) electrons. The number of hydrogen-bond donors (Lipinski definition) is 1. The number of carbonyl (C=O) groups is 3. The van der Waals surface area contributed by atoms with E-state index in [4.69, 9.17) is 14.2 Å². The van der Waals surface area contributed by atoms with Crippen molar-refractivity contribution in [3.63, 3.8) is 0 Å². The van der Waals surface area contributed by atoms with Crippen LogP contribution in [0.25, 0.3) is 11.2 Å². The molecule has 0 aliphatic carbocycles. The van der Waals surface area contributed by atoms with Gasteiger partial charge < -0.3 is 19.5 Å². The van der Waals surface area contributed by atoms with Crippen molar-refractivity contribution in [3.8, 4) is 0 Å². The Morgan fingerprint density at radius 1 is 0.851 bits per heavy atom. The Kier molecular flexibility index (Phi) is 8.85. The number of nitrogens with zero attached hydrogens (tertiary/aromatic N) is 4. The Bertz CT molecular complexity index is 2010. The van der Waals surface area contributed by atoms with E-state index in [0.29, 0.717) is 22.4 Å². The molecular formula is C35H31N5O7. The highest BCUT2D eigenvalue weighted by molar-refractivity contribution is 6.06. The molecule has 238 valence electrons. The summed E-state index contributed by atoms with van der Waals surface area (Å²) in [4.78, 5) is 65.6. The van der Waals surface area contributed by atoms with E-state index < -0.39 is 42.0 Å². The van der Waals surface area contributed by atoms with Gasteiger partial charge in [0.1, 0.15) is 30.6 Å². The first-order valence-electron chi connectivity index (χ1n) is 15.0. The largest absolute Gasteiger partial charge is 0.459 e. The number of rotatable bonds is 8. The van der Waals surface area contributed by atoms with Crippen LogP contribution in [0.3, 0.4) is 0 Å². The molecule has 0 unspecified atom stereocenters. The van der Waals surface area contributed by atoms with E-state index >= 15 is 0 Å². The van der Waals surface area contributed by atoms with Crippen molar-refractivity contribution in [1.29, 1.82) is 0 Å². The van der Waals surface area contributed by atoms with Gasteiger partial charge in [0, 0.05) is 18.2 Å². The Morgan fingerprint density at radius 3 is 2.15 bits per heavy atom. The first-order valence-corrected chi connectivity index (χ1v) is 15.0. The van der Waals surface area contributed by atoms with Crippen molar-refractivity contribution in [1.82, 2.24) is 19.5 Å². The molecule has 3 heterocycles. The Hall–Kier alpha value is -5.75. The number of hydrogen-bond acceptors (Lipinski definition) is 10. The van der Waals surface area contributed by atoms with E-state index in [2.05, 4.69) is 20.3 Å². The minimum Gasteiger partial charge on any atom is -0.459 e. The van der Waals surface area contributed by atoms with E-state index in [-0.39, 0.29) is 30.0 Å². The van der Waals surface area contributed by atoms with Gasteiger partial charge in [-0.1, -0.05) is 53.6 Å². The second-order valence-corrected chi connectivity index (χ2v) is 11.3. The molecule has 12 nitrogen and oxygen atoms in total. The fraction of sp³-hybridized carbons (Fsp3) is 0.229. The maximum atomic E-state index is 13.6. The summed E-state index contributed by atoms with van der Waals surface area (Å²) in [5, 5.41) is 2.66. The number of benzene rings is 3. The summed E-state index contributed by atoms with van der Waals surface area (Å²) in [5.74, 6) is -1.72. The van der Waals surface area contributed by atoms with Gasteiger partial charge in [-0.05, 0) is 57.2 Å². The van der Waals surface area contributed by atoms with E-state index in [9.17, 15) is 19.2 Å². The van der Waals surface area contributed by atoms with Gasteiger partial charge in [0.25, 0.3) is 5.91 Å². The smallest absolute Gasteiger partial charge is 0.353 e. The lowest BCUT2D eigenvalue weighted by atomic mass is 10.1. The molecule has 3 aromatic carbocycles. The van der Waals surface area contributed by atoms with E-state index in [0.717, 1.165) is 11.1 Å². The molecule has 1 aliphatic heterocycles. The monoisotopic (exact) mass is 633 g/mol. The topological polar surface area (TPSA) is 152 Å². The van der Waals surface area contributed by atoms with Crippen LogP contribution in [0.2, 0.25) is 0 Å². The third kappa shape index (κ3) is 6.92. The predicted octanol–water partition coefficient (Wildman–Crippen LogP) is 4.73. The number of esters is 2. The van der Waals surface area contributed by atoms with E-state index in [1.54, 1.807) is 85.8 Å². The van der Waals surface area contributed by atoms with Crippen molar-refractivity contribution in [2.24, 2.45) is 0 Å². The first kappa shape index (κ1) is 31.2. The van der Waals surface area contributed by atoms with Gasteiger partial charge in [0.15, 0.2) is 11.5 Å². The van der Waals surface area contributed by atoms with Gasteiger partial charge in [-0.15, -0.1) is 0 Å². The van der Waals surface area contributed by atoms with Crippen LogP contribution < -0.4 is 11.0 Å². The zero-order valence-corrected chi connectivity index (χ0v) is 25.9. The third-order valence-electron chi connectivity index (χ3n) is 7.69. The molecule has 1 fully saturated rings. The molecule has 6 rings (SSSR count). The van der Waals surface area contributed by atoms with Crippen molar-refractivity contribution >= 4 is 34.8 Å². The highest BCUT2D eigenvalue weighted by Gasteiger charge is 2.41.